The fourth-order valence-corrected chi connectivity index (χ4v) is 2.63. The normalized spacial score (nSPS) is 11.8. The fourth-order valence-electron chi connectivity index (χ4n) is 2.09. The van der Waals surface area contributed by atoms with E-state index >= 15 is 0 Å². The third-order valence-electron chi connectivity index (χ3n) is 2.90. The zero-order valence-electron chi connectivity index (χ0n) is 10.9. The number of hydrogen-bond acceptors (Lipinski definition) is 2. The summed E-state index contributed by atoms with van der Waals surface area (Å²) in [6.45, 7) is 0. The van der Waals surface area contributed by atoms with Crippen molar-refractivity contribution in [3.05, 3.63) is 71.8 Å². The Morgan fingerprint density at radius 2 is 1.25 bits per heavy atom. The third-order valence-corrected chi connectivity index (χ3v) is 3.47. The van der Waals surface area contributed by atoms with Gasteiger partial charge in [0.2, 0.25) is 0 Å². The highest BCUT2D eigenvalue weighted by atomic mass is 31.2. The Morgan fingerprint density at radius 1 is 0.850 bits per heavy atom. The maximum Gasteiger partial charge on any atom is 0.469 e. The van der Waals surface area contributed by atoms with Crippen LogP contribution in [-0.4, -0.2) is 15.9 Å². The first-order valence-electron chi connectivity index (χ1n) is 6.35. The van der Waals surface area contributed by atoms with E-state index in [1.807, 2.05) is 60.7 Å². The highest BCUT2D eigenvalue weighted by Gasteiger charge is 2.22. The molecule has 2 N–H and O–H groups in total. The molecule has 0 amide bonds. The molecule has 0 unspecified atom stereocenters. The molecule has 0 spiro atoms. The van der Waals surface area contributed by atoms with Crippen LogP contribution >= 0.6 is 7.82 Å². The van der Waals surface area contributed by atoms with Gasteiger partial charge in [-0.1, -0.05) is 60.7 Å². The van der Waals surface area contributed by atoms with E-state index in [0.29, 0.717) is 12.8 Å². The summed E-state index contributed by atoms with van der Waals surface area (Å²) in [7, 11) is -4.50. The average Bonchev–Trinajstić information content (AvgIpc) is 2.39. The summed E-state index contributed by atoms with van der Waals surface area (Å²) >= 11 is 0. The second-order valence-electron chi connectivity index (χ2n) is 4.60. The van der Waals surface area contributed by atoms with Crippen LogP contribution in [0.25, 0.3) is 0 Å². The second kappa shape index (κ2) is 6.82. The summed E-state index contributed by atoms with van der Waals surface area (Å²) in [5, 5.41) is 0. The van der Waals surface area contributed by atoms with Crippen molar-refractivity contribution in [1.29, 1.82) is 0 Å². The molecule has 0 aromatic heterocycles. The maximum absolute atomic E-state index is 11.1. The maximum atomic E-state index is 11.1. The highest BCUT2D eigenvalue weighted by molar-refractivity contribution is 7.46. The molecule has 5 heteroatoms. The Morgan fingerprint density at radius 3 is 1.60 bits per heavy atom. The van der Waals surface area contributed by atoms with Gasteiger partial charge in [0.05, 0.1) is 6.10 Å². The van der Waals surface area contributed by atoms with Gasteiger partial charge in [-0.3, -0.25) is 4.52 Å². The molecule has 0 aliphatic rings. The molecule has 2 aromatic carbocycles. The zero-order valence-corrected chi connectivity index (χ0v) is 11.8. The Labute approximate surface area is 118 Å². The van der Waals surface area contributed by atoms with E-state index < -0.39 is 13.9 Å². The lowest BCUT2D eigenvalue weighted by Gasteiger charge is -2.18. The molecule has 0 atom stereocenters. The van der Waals surface area contributed by atoms with Crippen molar-refractivity contribution in [3.8, 4) is 0 Å². The van der Waals surface area contributed by atoms with E-state index in [2.05, 4.69) is 0 Å². The smallest absolute Gasteiger partial charge is 0.303 e. The van der Waals surface area contributed by atoms with Gasteiger partial charge in [-0.05, 0) is 24.0 Å². The quantitative estimate of drug-likeness (QED) is 0.803. The van der Waals surface area contributed by atoms with Crippen LogP contribution in [0.3, 0.4) is 0 Å². The molecule has 0 saturated carbocycles. The summed E-state index contributed by atoms with van der Waals surface area (Å²) < 4.78 is 16.0. The molecule has 0 radical (unpaired) electrons. The first kappa shape index (κ1) is 14.9. The largest absolute Gasteiger partial charge is 0.469 e. The lowest BCUT2D eigenvalue weighted by Crippen LogP contribution is -2.18. The van der Waals surface area contributed by atoms with Crippen LogP contribution in [0.1, 0.15) is 11.1 Å². The minimum absolute atomic E-state index is 0.459. The molecule has 20 heavy (non-hydrogen) atoms. The molecule has 2 aromatic rings. The molecular formula is C15H17O4P. The van der Waals surface area contributed by atoms with E-state index in [9.17, 15) is 4.57 Å². The van der Waals surface area contributed by atoms with Crippen LogP contribution in [0.15, 0.2) is 60.7 Å². The van der Waals surface area contributed by atoms with E-state index in [1.54, 1.807) is 0 Å². The Bertz CT molecular complexity index is 523. The lowest BCUT2D eigenvalue weighted by atomic mass is 10.0. The van der Waals surface area contributed by atoms with Gasteiger partial charge >= 0.3 is 7.82 Å². The summed E-state index contributed by atoms with van der Waals surface area (Å²) in [6, 6.07) is 19.1. The van der Waals surface area contributed by atoms with E-state index in [1.165, 1.54) is 0 Å². The Balaban J connectivity index is 2.10. The molecule has 0 aliphatic carbocycles. The Hall–Kier alpha value is -1.45. The van der Waals surface area contributed by atoms with Crippen molar-refractivity contribution in [3.63, 3.8) is 0 Å². The first-order valence-corrected chi connectivity index (χ1v) is 7.88. The van der Waals surface area contributed by atoms with Gasteiger partial charge in [-0.2, -0.15) is 0 Å². The summed E-state index contributed by atoms with van der Waals surface area (Å²) in [6.07, 6.45) is 0.363. The van der Waals surface area contributed by atoms with Gasteiger partial charge in [0.25, 0.3) is 0 Å². The van der Waals surface area contributed by atoms with Crippen molar-refractivity contribution in [1.82, 2.24) is 0 Å². The Kier molecular flexibility index (Phi) is 5.10. The molecule has 0 aliphatic heterocycles. The van der Waals surface area contributed by atoms with Crippen molar-refractivity contribution in [2.75, 3.05) is 0 Å². The van der Waals surface area contributed by atoms with Gasteiger partial charge in [-0.25, -0.2) is 4.57 Å². The monoisotopic (exact) mass is 292 g/mol. The van der Waals surface area contributed by atoms with Crippen LogP contribution in [0.5, 0.6) is 0 Å². The van der Waals surface area contributed by atoms with Gasteiger partial charge in [-0.15, -0.1) is 0 Å². The summed E-state index contributed by atoms with van der Waals surface area (Å²) in [4.78, 5) is 18.1. The van der Waals surface area contributed by atoms with Crippen molar-refractivity contribution < 1.29 is 18.9 Å². The number of benzene rings is 2. The topological polar surface area (TPSA) is 66.8 Å². The minimum atomic E-state index is -4.50. The second-order valence-corrected chi connectivity index (χ2v) is 5.79. The number of phosphoric acid groups is 1. The fraction of sp³-hybridized carbons (Fsp3) is 0.200. The highest BCUT2D eigenvalue weighted by Crippen LogP contribution is 2.39. The van der Waals surface area contributed by atoms with E-state index in [4.69, 9.17) is 14.3 Å². The molecule has 2 rings (SSSR count). The molecule has 4 nitrogen and oxygen atoms in total. The molecule has 0 saturated heterocycles. The molecular weight excluding hydrogens is 275 g/mol. The predicted octanol–water partition coefficient (Wildman–Crippen LogP) is 2.95. The van der Waals surface area contributed by atoms with Crippen molar-refractivity contribution >= 4 is 7.82 Å². The average molecular weight is 292 g/mol. The van der Waals surface area contributed by atoms with E-state index in [-0.39, 0.29) is 0 Å². The molecule has 0 heterocycles. The molecule has 0 bridgehead atoms. The number of hydrogen-bond donors (Lipinski definition) is 2. The lowest BCUT2D eigenvalue weighted by molar-refractivity contribution is 0.133. The minimum Gasteiger partial charge on any atom is -0.303 e. The van der Waals surface area contributed by atoms with Crippen LogP contribution < -0.4 is 0 Å². The van der Waals surface area contributed by atoms with Crippen LogP contribution in [-0.2, 0) is 21.9 Å². The van der Waals surface area contributed by atoms with Gasteiger partial charge in [0, 0.05) is 0 Å². The van der Waals surface area contributed by atoms with Gasteiger partial charge in [0.15, 0.2) is 0 Å². The van der Waals surface area contributed by atoms with Crippen LogP contribution in [0.4, 0.5) is 0 Å². The number of phosphoric ester groups is 1. The number of rotatable bonds is 6. The standard InChI is InChI=1S/C15H17O4P/c16-20(17,18)19-15(11-13-7-3-1-4-8-13)12-14-9-5-2-6-10-14/h1-10,15H,11-12H2,(H2,16,17,18). The molecule has 106 valence electrons. The van der Waals surface area contributed by atoms with Crippen LogP contribution in [0, 0.1) is 0 Å². The summed E-state index contributed by atoms with van der Waals surface area (Å²) in [5.74, 6) is 0. The SMILES string of the molecule is O=P(O)(O)OC(Cc1ccccc1)Cc1ccccc1. The van der Waals surface area contributed by atoms with Crippen molar-refractivity contribution in [2.45, 2.75) is 18.9 Å². The van der Waals surface area contributed by atoms with Crippen LogP contribution in [0.2, 0.25) is 0 Å². The predicted molar refractivity (Wildman–Crippen MR) is 77.2 cm³/mol. The molecule has 0 fully saturated rings. The van der Waals surface area contributed by atoms with Gasteiger partial charge in [0.1, 0.15) is 0 Å². The van der Waals surface area contributed by atoms with E-state index in [0.717, 1.165) is 11.1 Å². The van der Waals surface area contributed by atoms with Crippen molar-refractivity contribution in [2.24, 2.45) is 0 Å². The summed E-state index contributed by atoms with van der Waals surface area (Å²) in [5.41, 5.74) is 1.98. The zero-order chi connectivity index (χ0) is 14.4. The van der Waals surface area contributed by atoms with Gasteiger partial charge < -0.3 is 9.79 Å². The first-order chi connectivity index (χ1) is 9.53. The third kappa shape index (κ3) is 5.27.